The van der Waals surface area contributed by atoms with E-state index in [0.717, 1.165) is 31.4 Å². The molecular formula is C24H32AsNO4S. The van der Waals surface area contributed by atoms with Gasteiger partial charge in [-0.15, -0.1) is 0 Å². The molecule has 0 aromatic heterocycles. The van der Waals surface area contributed by atoms with Crippen molar-refractivity contribution in [2.45, 2.75) is 61.5 Å². The molecule has 2 aromatic rings. The first-order chi connectivity index (χ1) is 14.8. The van der Waals surface area contributed by atoms with Gasteiger partial charge in [-0.2, -0.15) is 0 Å². The quantitative estimate of drug-likeness (QED) is 0.108. The molecule has 0 heterocycles. The molecule has 1 unspecified atom stereocenters. The van der Waals surface area contributed by atoms with Crippen molar-refractivity contribution in [2.24, 2.45) is 0 Å². The van der Waals surface area contributed by atoms with Crippen molar-refractivity contribution in [3.05, 3.63) is 63.7 Å². The standard InChI is InChI=1S/C24H32AsNO4S/c1-4-6-14-24(25,15-7-5-2)17-31-22-16-19(26(28)29)10-13-21(22)23(27)18-8-11-20(30-3)12-9-18/h8-13,16H,4-7,14-15,17,25H2,1-3H3. The summed E-state index contributed by atoms with van der Waals surface area (Å²) < 4.78 is 5.38. The number of ether oxygens (including phenoxy) is 1. The Bertz CT molecular complexity index is 878. The van der Waals surface area contributed by atoms with E-state index in [-0.39, 0.29) is 15.7 Å². The van der Waals surface area contributed by atoms with Gasteiger partial charge in [-0.05, 0) is 0 Å². The number of hydrogen-bond acceptors (Lipinski definition) is 5. The van der Waals surface area contributed by atoms with Crippen molar-refractivity contribution in [1.29, 1.82) is 0 Å². The first-order valence-electron chi connectivity index (χ1n) is 10.7. The summed E-state index contributed by atoms with van der Waals surface area (Å²) in [5, 5.41) is 11.4. The fourth-order valence-electron chi connectivity index (χ4n) is 3.38. The number of carbonyl (C=O) groups excluding carboxylic acids is 1. The van der Waals surface area contributed by atoms with E-state index in [0.29, 0.717) is 21.8 Å². The molecule has 0 aliphatic carbocycles. The molecule has 0 aliphatic heterocycles. The van der Waals surface area contributed by atoms with Crippen LogP contribution in [0, 0.1) is 10.1 Å². The van der Waals surface area contributed by atoms with E-state index >= 15 is 0 Å². The third-order valence-corrected chi connectivity index (χ3v) is 8.97. The van der Waals surface area contributed by atoms with Crippen molar-refractivity contribution < 1.29 is 14.5 Å². The fraction of sp³-hybridized carbons (Fsp3) is 0.458. The van der Waals surface area contributed by atoms with E-state index in [2.05, 4.69) is 13.8 Å². The zero-order valence-electron chi connectivity index (χ0n) is 18.6. The van der Waals surface area contributed by atoms with Gasteiger partial charge >= 0.3 is 198 Å². The average molecular weight is 506 g/mol. The number of rotatable bonds is 13. The molecule has 0 spiro atoms. The molecule has 0 saturated carbocycles. The molecular weight excluding hydrogens is 473 g/mol. The van der Waals surface area contributed by atoms with Crippen molar-refractivity contribution in [2.75, 3.05) is 12.9 Å². The zero-order chi connectivity index (χ0) is 22.9. The average Bonchev–Trinajstić information content (AvgIpc) is 2.79. The Kier molecular flexibility index (Phi) is 10.1. The van der Waals surface area contributed by atoms with Crippen LogP contribution >= 0.6 is 11.8 Å². The summed E-state index contributed by atoms with van der Waals surface area (Å²) in [5.74, 6) is 1.41. The predicted molar refractivity (Wildman–Crippen MR) is 131 cm³/mol. The van der Waals surface area contributed by atoms with Crippen LogP contribution in [0.15, 0.2) is 47.4 Å². The van der Waals surface area contributed by atoms with Gasteiger partial charge in [-0.25, -0.2) is 0 Å². The molecule has 5 nitrogen and oxygen atoms in total. The molecule has 0 fully saturated rings. The van der Waals surface area contributed by atoms with Crippen LogP contribution in [-0.4, -0.2) is 40.4 Å². The Labute approximate surface area is 198 Å². The first-order valence-corrected chi connectivity index (χ1v) is 12.9. The summed E-state index contributed by atoms with van der Waals surface area (Å²) in [7, 11) is 1.58. The number of ketones is 1. The molecule has 1 atom stereocenters. The summed E-state index contributed by atoms with van der Waals surface area (Å²) in [6, 6.07) is 11.5. The van der Waals surface area contributed by atoms with Crippen LogP contribution in [0.4, 0.5) is 5.69 Å². The second-order valence-electron chi connectivity index (χ2n) is 7.85. The third-order valence-electron chi connectivity index (χ3n) is 5.34. The molecule has 2 aromatic carbocycles. The Hall–Kier alpha value is -1.78. The minimum atomic E-state index is -0.400. The van der Waals surface area contributed by atoms with Crippen molar-refractivity contribution in [3.8, 4) is 5.75 Å². The minimum absolute atomic E-state index is 0.0168. The number of nitrogens with zero attached hydrogens (tertiary/aromatic N) is 1. The summed E-state index contributed by atoms with van der Waals surface area (Å²) >= 11 is 3.33. The monoisotopic (exact) mass is 505 g/mol. The van der Waals surface area contributed by atoms with E-state index in [1.807, 2.05) is 0 Å². The number of benzene rings is 2. The van der Waals surface area contributed by atoms with Crippen LogP contribution in [0.25, 0.3) is 0 Å². The number of unbranched alkanes of at least 4 members (excludes halogenated alkanes) is 2. The molecule has 0 saturated heterocycles. The molecule has 0 bridgehead atoms. The molecule has 0 aliphatic rings. The molecule has 7 heteroatoms. The van der Waals surface area contributed by atoms with Gasteiger partial charge in [0.25, 0.3) is 0 Å². The molecule has 31 heavy (non-hydrogen) atoms. The van der Waals surface area contributed by atoms with Crippen LogP contribution in [0.1, 0.15) is 68.3 Å². The second kappa shape index (κ2) is 12.3. The number of nitro benzene ring substituents is 1. The van der Waals surface area contributed by atoms with Crippen molar-refractivity contribution in [1.82, 2.24) is 0 Å². The molecule has 2 rings (SSSR count). The summed E-state index contributed by atoms with van der Waals surface area (Å²) in [5.41, 5.74) is 1.07. The summed E-state index contributed by atoms with van der Waals surface area (Å²) in [6.45, 7) is 4.40. The number of carbonyl (C=O) groups is 1. The number of nitro groups is 1. The van der Waals surface area contributed by atoms with Gasteiger partial charge < -0.3 is 0 Å². The van der Waals surface area contributed by atoms with Gasteiger partial charge in [0.1, 0.15) is 0 Å². The fourth-order valence-corrected chi connectivity index (χ4v) is 6.01. The van der Waals surface area contributed by atoms with Gasteiger partial charge in [-0.3, -0.25) is 0 Å². The van der Waals surface area contributed by atoms with Gasteiger partial charge in [0.15, 0.2) is 0 Å². The number of hydrogen-bond donors (Lipinski definition) is 0. The maximum atomic E-state index is 13.2. The molecule has 168 valence electrons. The molecule has 0 amide bonds. The van der Waals surface area contributed by atoms with Crippen LogP contribution in [0.3, 0.4) is 0 Å². The third kappa shape index (κ3) is 7.39. The Morgan fingerprint density at radius 2 is 1.71 bits per heavy atom. The SMILES string of the molecule is CCCCC([AsH2])(CCCC)CSc1cc([N+](=O)[O-])ccc1C(=O)c1ccc(OC)cc1. The Morgan fingerprint density at radius 1 is 1.10 bits per heavy atom. The Morgan fingerprint density at radius 3 is 2.23 bits per heavy atom. The van der Waals surface area contributed by atoms with E-state index in [9.17, 15) is 14.9 Å². The van der Waals surface area contributed by atoms with Gasteiger partial charge in [0.05, 0.1) is 0 Å². The van der Waals surface area contributed by atoms with Gasteiger partial charge in [0.2, 0.25) is 0 Å². The predicted octanol–water partition coefficient (Wildman–Crippen LogP) is 6.10. The van der Waals surface area contributed by atoms with E-state index in [1.54, 1.807) is 72.1 Å². The van der Waals surface area contributed by atoms with Crippen molar-refractivity contribution >= 4 is 40.1 Å². The molecule has 0 N–H and O–H groups in total. The normalized spacial score (nSPS) is 11.4. The Balaban J connectivity index is 2.33. The summed E-state index contributed by atoms with van der Waals surface area (Å²) in [6.07, 6.45) is 6.95. The van der Waals surface area contributed by atoms with Crippen molar-refractivity contribution in [3.63, 3.8) is 0 Å². The number of methoxy groups -OCH3 is 1. The molecule has 0 radical (unpaired) electrons. The van der Waals surface area contributed by atoms with Gasteiger partial charge in [-0.1, -0.05) is 0 Å². The summed E-state index contributed by atoms with van der Waals surface area (Å²) in [4.78, 5) is 24.8. The van der Waals surface area contributed by atoms with Crippen LogP contribution in [-0.2, 0) is 0 Å². The van der Waals surface area contributed by atoms with E-state index in [4.69, 9.17) is 4.74 Å². The maximum absolute atomic E-state index is 13.2. The second-order valence-corrected chi connectivity index (χ2v) is 11.4. The van der Waals surface area contributed by atoms with E-state index < -0.39 is 4.92 Å². The number of thioether (sulfide) groups is 1. The first kappa shape index (κ1) is 25.5. The van der Waals surface area contributed by atoms with Crippen LogP contribution in [0.5, 0.6) is 5.75 Å². The van der Waals surface area contributed by atoms with Crippen LogP contribution in [0.2, 0.25) is 4.20 Å². The van der Waals surface area contributed by atoms with Gasteiger partial charge in [0, 0.05) is 0 Å². The number of non-ortho nitro benzene ring substituents is 1. The topological polar surface area (TPSA) is 69.4 Å². The van der Waals surface area contributed by atoms with Crippen LogP contribution < -0.4 is 4.74 Å². The zero-order valence-corrected chi connectivity index (χ0v) is 21.8. The van der Waals surface area contributed by atoms with E-state index in [1.165, 1.54) is 18.9 Å².